The Morgan fingerprint density at radius 2 is 2.06 bits per heavy atom. The molecular weight excluding hydrogens is 264 g/mol. The standard InChI is InChI=1S/C14H17ClN2S/c15-12-7-10(14(16)18)3-6-13(12)17(11-4-5-11)8-9-1-2-9/h3,6-7,9,11H,1-2,4-5,8H2,(H2,16,18). The topological polar surface area (TPSA) is 29.3 Å². The lowest BCUT2D eigenvalue weighted by Gasteiger charge is -2.26. The minimum atomic E-state index is 0.406. The van der Waals surface area contributed by atoms with Crippen LogP contribution in [0.2, 0.25) is 5.02 Å². The molecule has 96 valence electrons. The van der Waals surface area contributed by atoms with Gasteiger partial charge in [-0.3, -0.25) is 0 Å². The molecule has 2 fully saturated rings. The Bertz CT molecular complexity index is 481. The minimum Gasteiger partial charge on any atom is -0.389 e. The van der Waals surface area contributed by atoms with Crippen LogP contribution in [0.3, 0.4) is 0 Å². The largest absolute Gasteiger partial charge is 0.389 e. The Kier molecular flexibility index (Phi) is 3.20. The predicted molar refractivity (Wildman–Crippen MR) is 80.4 cm³/mol. The van der Waals surface area contributed by atoms with Crippen molar-refractivity contribution in [2.45, 2.75) is 31.7 Å². The van der Waals surface area contributed by atoms with E-state index in [2.05, 4.69) is 11.0 Å². The second-order valence-electron chi connectivity index (χ2n) is 5.36. The van der Waals surface area contributed by atoms with E-state index in [0.717, 1.165) is 28.7 Å². The summed E-state index contributed by atoms with van der Waals surface area (Å²) in [5.41, 5.74) is 7.62. The van der Waals surface area contributed by atoms with Gasteiger partial charge in [0, 0.05) is 18.2 Å². The molecule has 0 unspecified atom stereocenters. The van der Waals surface area contributed by atoms with Gasteiger partial charge >= 0.3 is 0 Å². The fourth-order valence-electron chi connectivity index (χ4n) is 2.30. The van der Waals surface area contributed by atoms with Crippen molar-refractivity contribution in [3.63, 3.8) is 0 Å². The molecule has 1 aromatic rings. The van der Waals surface area contributed by atoms with Gasteiger partial charge in [0.2, 0.25) is 0 Å². The molecule has 2 saturated carbocycles. The van der Waals surface area contributed by atoms with E-state index in [1.165, 1.54) is 25.7 Å². The molecule has 0 amide bonds. The lowest BCUT2D eigenvalue weighted by atomic mass is 10.2. The highest BCUT2D eigenvalue weighted by atomic mass is 35.5. The molecule has 3 rings (SSSR count). The van der Waals surface area contributed by atoms with Crippen LogP contribution in [0.5, 0.6) is 0 Å². The fourth-order valence-corrected chi connectivity index (χ4v) is 2.72. The highest BCUT2D eigenvalue weighted by Crippen LogP contribution is 2.40. The van der Waals surface area contributed by atoms with E-state index in [0.29, 0.717) is 11.0 Å². The Morgan fingerprint density at radius 1 is 1.33 bits per heavy atom. The third-order valence-corrected chi connectivity index (χ3v) is 4.22. The summed E-state index contributed by atoms with van der Waals surface area (Å²) < 4.78 is 0. The molecule has 0 spiro atoms. The van der Waals surface area contributed by atoms with Crippen molar-refractivity contribution >= 4 is 34.5 Å². The second-order valence-corrected chi connectivity index (χ2v) is 6.20. The predicted octanol–water partition coefficient (Wildman–Crippen LogP) is 3.35. The van der Waals surface area contributed by atoms with Crippen molar-refractivity contribution in [1.82, 2.24) is 0 Å². The van der Waals surface area contributed by atoms with Gasteiger partial charge in [0.15, 0.2) is 0 Å². The number of anilines is 1. The zero-order valence-corrected chi connectivity index (χ0v) is 11.8. The first-order valence-electron chi connectivity index (χ1n) is 6.51. The van der Waals surface area contributed by atoms with Crippen molar-refractivity contribution in [3.8, 4) is 0 Å². The van der Waals surface area contributed by atoms with Crippen LogP contribution in [0.1, 0.15) is 31.2 Å². The SMILES string of the molecule is NC(=S)c1ccc(N(CC2CC2)C2CC2)c(Cl)c1. The van der Waals surface area contributed by atoms with Gasteiger partial charge < -0.3 is 10.6 Å². The number of thiocarbonyl (C=S) groups is 1. The van der Waals surface area contributed by atoms with Crippen molar-refractivity contribution in [3.05, 3.63) is 28.8 Å². The van der Waals surface area contributed by atoms with Crippen molar-refractivity contribution in [2.24, 2.45) is 11.7 Å². The summed E-state index contributed by atoms with van der Waals surface area (Å²) in [5.74, 6) is 0.872. The van der Waals surface area contributed by atoms with E-state index < -0.39 is 0 Å². The first-order chi connectivity index (χ1) is 8.65. The van der Waals surface area contributed by atoms with Crippen molar-refractivity contribution in [1.29, 1.82) is 0 Å². The van der Waals surface area contributed by atoms with Crippen LogP contribution in [0, 0.1) is 5.92 Å². The molecule has 2 aliphatic rings. The molecule has 2 aliphatic carbocycles. The van der Waals surface area contributed by atoms with Gasteiger partial charge in [-0.15, -0.1) is 0 Å². The summed E-state index contributed by atoms with van der Waals surface area (Å²) in [7, 11) is 0. The lowest BCUT2D eigenvalue weighted by molar-refractivity contribution is 0.719. The van der Waals surface area contributed by atoms with E-state index in [9.17, 15) is 0 Å². The summed E-state index contributed by atoms with van der Waals surface area (Å²) in [6, 6.07) is 6.63. The number of benzene rings is 1. The average molecular weight is 281 g/mol. The van der Waals surface area contributed by atoms with E-state index in [1.54, 1.807) is 0 Å². The molecule has 4 heteroatoms. The van der Waals surface area contributed by atoms with Crippen LogP contribution in [-0.4, -0.2) is 17.6 Å². The van der Waals surface area contributed by atoms with Crippen LogP contribution in [0.25, 0.3) is 0 Å². The lowest BCUT2D eigenvalue weighted by Crippen LogP contribution is -2.28. The number of halogens is 1. The summed E-state index contributed by atoms with van der Waals surface area (Å²) >= 11 is 11.4. The smallest absolute Gasteiger partial charge is 0.104 e. The van der Waals surface area contributed by atoms with Crippen LogP contribution in [-0.2, 0) is 0 Å². The summed E-state index contributed by atoms with van der Waals surface area (Å²) in [6.45, 7) is 1.15. The van der Waals surface area contributed by atoms with Crippen molar-refractivity contribution < 1.29 is 0 Å². The Morgan fingerprint density at radius 3 is 2.56 bits per heavy atom. The molecule has 1 aromatic carbocycles. The van der Waals surface area contributed by atoms with Crippen LogP contribution >= 0.6 is 23.8 Å². The van der Waals surface area contributed by atoms with Crippen LogP contribution < -0.4 is 10.6 Å². The fraction of sp³-hybridized carbons (Fsp3) is 0.500. The van der Waals surface area contributed by atoms with Gasteiger partial charge in [0.1, 0.15) is 4.99 Å². The third kappa shape index (κ3) is 2.62. The summed E-state index contributed by atoms with van der Waals surface area (Å²) in [4.78, 5) is 2.88. The minimum absolute atomic E-state index is 0.406. The average Bonchev–Trinajstić information content (AvgIpc) is 3.19. The molecule has 0 aliphatic heterocycles. The molecule has 0 saturated heterocycles. The Labute approximate surface area is 118 Å². The normalized spacial score (nSPS) is 18.7. The maximum atomic E-state index is 6.39. The van der Waals surface area contributed by atoms with E-state index in [4.69, 9.17) is 29.6 Å². The first kappa shape index (κ1) is 12.2. The van der Waals surface area contributed by atoms with E-state index >= 15 is 0 Å². The van der Waals surface area contributed by atoms with Gasteiger partial charge in [-0.1, -0.05) is 23.8 Å². The molecule has 0 bridgehead atoms. The number of hydrogen-bond acceptors (Lipinski definition) is 2. The first-order valence-corrected chi connectivity index (χ1v) is 7.30. The zero-order chi connectivity index (χ0) is 12.7. The third-order valence-electron chi connectivity index (χ3n) is 3.68. The molecule has 2 nitrogen and oxygen atoms in total. The van der Waals surface area contributed by atoms with Gasteiger partial charge in [0.25, 0.3) is 0 Å². The van der Waals surface area contributed by atoms with Crippen LogP contribution in [0.15, 0.2) is 18.2 Å². The number of nitrogens with zero attached hydrogens (tertiary/aromatic N) is 1. The van der Waals surface area contributed by atoms with Gasteiger partial charge in [0.05, 0.1) is 10.7 Å². The molecule has 2 N–H and O–H groups in total. The van der Waals surface area contributed by atoms with E-state index in [-0.39, 0.29) is 0 Å². The van der Waals surface area contributed by atoms with Crippen LogP contribution in [0.4, 0.5) is 5.69 Å². The zero-order valence-electron chi connectivity index (χ0n) is 10.2. The number of rotatable bonds is 5. The molecule has 0 heterocycles. The maximum absolute atomic E-state index is 6.39. The molecular formula is C14H17ClN2S. The monoisotopic (exact) mass is 280 g/mol. The molecule has 0 atom stereocenters. The van der Waals surface area contributed by atoms with Gasteiger partial charge in [-0.25, -0.2) is 0 Å². The molecule has 18 heavy (non-hydrogen) atoms. The second kappa shape index (κ2) is 4.71. The number of hydrogen-bond donors (Lipinski definition) is 1. The molecule has 0 aromatic heterocycles. The van der Waals surface area contributed by atoms with Crippen molar-refractivity contribution in [2.75, 3.05) is 11.4 Å². The van der Waals surface area contributed by atoms with Gasteiger partial charge in [-0.2, -0.15) is 0 Å². The highest BCUT2D eigenvalue weighted by Gasteiger charge is 2.34. The number of nitrogens with two attached hydrogens (primary N) is 1. The van der Waals surface area contributed by atoms with Gasteiger partial charge in [-0.05, 0) is 49.8 Å². The van der Waals surface area contributed by atoms with E-state index in [1.807, 2.05) is 12.1 Å². The Hall–Kier alpha value is -0.800. The summed E-state index contributed by atoms with van der Waals surface area (Å²) in [6.07, 6.45) is 5.32. The highest BCUT2D eigenvalue weighted by molar-refractivity contribution is 7.80. The Balaban J connectivity index is 1.86. The summed E-state index contributed by atoms with van der Waals surface area (Å²) in [5, 5.41) is 0.771. The molecule has 0 radical (unpaired) electrons. The maximum Gasteiger partial charge on any atom is 0.104 e. The quantitative estimate of drug-likeness (QED) is 0.839.